The smallest absolute Gasteiger partial charge is 0.405 e. The van der Waals surface area contributed by atoms with Crippen LogP contribution in [-0.2, 0) is 14.3 Å². The number of allylic oxidation sites excluding steroid dienone is 1. The molecule has 0 aliphatic carbocycles. The van der Waals surface area contributed by atoms with Crippen molar-refractivity contribution in [2.45, 2.75) is 103 Å². The van der Waals surface area contributed by atoms with Crippen molar-refractivity contribution in [1.29, 1.82) is 0 Å². The van der Waals surface area contributed by atoms with Gasteiger partial charge in [0.15, 0.2) is 0 Å². The van der Waals surface area contributed by atoms with Crippen LogP contribution < -0.4 is 11.1 Å². The van der Waals surface area contributed by atoms with E-state index in [0.717, 1.165) is 13.0 Å². The molecule has 0 radical (unpaired) electrons. The summed E-state index contributed by atoms with van der Waals surface area (Å²) in [4.78, 5) is 20.7. The summed E-state index contributed by atoms with van der Waals surface area (Å²) in [5.74, 6) is -0.772. The minimum absolute atomic E-state index is 0.122. The van der Waals surface area contributed by atoms with E-state index in [4.69, 9.17) is 20.3 Å². The highest BCUT2D eigenvalue weighted by Crippen LogP contribution is 2.43. The molecule has 192 valence electrons. The van der Waals surface area contributed by atoms with Crippen molar-refractivity contribution in [1.82, 2.24) is 5.32 Å². The number of rotatable bonds is 11. The van der Waals surface area contributed by atoms with Crippen molar-refractivity contribution in [2.24, 2.45) is 11.7 Å². The number of nitrogens with one attached hydrogen (secondary N) is 1. The minimum Gasteiger partial charge on any atom is -0.465 e. The summed E-state index contributed by atoms with van der Waals surface area (Å²) in [5.41, 5.74) is 6.73. The van der Waals surface area contributed by atoms with Crippen LogP contribution in [0.1, 0.15) is 80.1 Å². The third-order valence-corrected chi connectivity index (χ3v) is 5.54. The minimum atomic E-state index is -1.23. The lowest BCUT2D eigenvalue weighted by Gasteiger charge is -2.16. The Bertz CT molecular complexity index is 610. The van der Waals surface area contributed by atoms with Crippen LogP contribution >= 0.6 is 0 Å². The largest absolute Gasteiger partial charge is 0.465 e. The molecule has 2 rings (SSSR count). The molecule has 2 aliphatic heterocycles. The van der Waals surface area contributed by atoms with Gasteiger partial charge in [-0.1, -0.05) is 44.8 Å². The predicted molar refractivity (Wildman–Crippen MR) is 136 cm³/mol. The molecule has 2 amide bonds. The Kier molecular flexibility index (Phi) is 16.5. The van der Waals surface area contributed by atoms with Crippen molar-refractivity contribution >= 4 is 12.0 Å². The number of hydrogen-bond donors (Lipinski definition) is 3. The van der Waals surface area contributed by atoms with Gasteiger partial charge in [-0.05, 0) is 52.9 Å². The van der Waals surface area contributed by atoms with Gasteiger partial charge in [-0.25, -0.2) is 4.79 Å². The summed E-state index contributed by atoms with van der Waals surface area (Å²) in [6.45, 7) is 25.2. The Labute approximate surface area is 201 Å². The maximum absolute atomic E-state index is 10.6. The fourth-order valence-electron chi connectivity index (χ4n) is 3.27. The molecule has 2 saturated heterocycles. The van der Waals surface area contributed by atoms with E-state index in [9.17, 15) is 9.59 Å². The maximum Gasteiger partial charge on any atom is 0.405 e. The molecule has 0 aromatic carbocycles. The van der Waals surface area contributed by atoms with Crippen LogP contribution in [0.2, 0.25) is 0 Å². The standard InChI is InChI=1S/C16H28O2.C6H12N2O3.2C2H4/c1-13(2)8-9-14-16(4,18-14)11-7-5-6-10-15(3)12-17-15;1-3(2)4(5(7)9)8-6(10)11;2*1-2/h8,14H,5-7,9-12H2,1-4H3;3-4,8H,1-2H3,(H2,7,9)(H,10,11);2*1-2H2/t14-,15?,16-;;;/m1.../s1. The highest BCUT2D eigenvalue weighted by atomic mass is 16.6. The van der Waals surface area contributed by atoms with E-state index >= 15 is 0 Å². The summed E-state index contributed by atoms with van der Waals surface area (Å²) in [6, 6.07) is -0.799. The SMILES string of the molecule is C=C.C=C.CC(C)=CC[C@H]1O[C@]1(C)CCCCCC1(C)CO1.CC(C)C(NC(=O)O)C(N)=O. The van der Waals surface area contributed by atoms with Gasteiger partial charge in [0.05, 0.1) is 23.9 Å². The number of amides is 2. The van der Waals surface area contributed by atoms with E-state index in [1.165, 1.54) is 37.7 Å². The first-order chi connectivity index (χ1) is 15.4. The molecule has 7 heteroatoms. The second-order valence-corrected chi connectivity index (χ2v) is 9.31. The Morgan fingerprint density at radius 1 is 1.12 bits per heavy atom. The van der Waals surface area contributed by atoms with E-state index in [1.807, 2.05) is 5.32 Å². The lowest BCUT2D eigenvalue weighted by atomic mass is 9.96. The topological polar surface area (TPSA) is 117 Å². The molecule has 0 saturated carbocycles. The molecule has 7 nitrogen and oxygen atoms in total. The monoisotopic (exact) mass is 468 g/mol. The Hall–Kier alpha value is -2.12. The van der Waals surface area contributed by atoms with Crippen LogP contribution in [0.3, 0.4) is 0 Å². The van der Waals surface area contributed by atoms with Crippen molar-refractivity contribution < 1.29 is 24.2 Å². The number of hydrogen-bond acceptors (Lipinski definition) is 4. The van der Waals surface area contributed by atoms with Crippen LogP contribution in [0.4, 0.5) is 4.79 Å². The van der Waals surface area contributed by atoms with Gasteiger partial charge < -0.3 is 25.6 Å². The number of ether oxygens (including phenoxy) is 2. The number of unbranched alkanes of at least 4 members (excludes halogenated alkanes) is 2. The molecule has 0 bridgehead atoms. The Balaban J connectivity index is 0. The summed E-state index contributed by atoms with van der Waals surface area (Å²) in [6.07, 6.45) is 8.96. The average Bonchev–Trinajstić information content (AvgIpc) is 3.64. The van der Waals surface area contributed by atoms with E-state index in [2.05, 4.69) is 60.1 Å². The molecule has 0 aromatic heterocycles. The van der Waals surface area contributed by atoms with Crippen molar-refractivity contribution in [3.05, 3.63) is 38.0 Å². The quantitative estimate of drug-likeness (QED) is 0.207. The molecule has 0 spiro atoms. The summed E-state index contributed by atoms with van der Waals surface area (Å²) < 4.78 is 11.2. The number of carboxylic acid groups (broad SMARTS) is 1. The first-order valence-corrected chi connectivity index (χ1v) is 11.6. The summed E-state index contributed by atoms with van der Waals surface area (Å²) >= 11 is 0. The maximum atomic E-state index is 10.6. The lowest BCUT2D eigenvalue weighted by Crippen LogP contribution is -2.47. The van der Waals surface area contributed by atoms with Gasteiger partial charge >= 0.3 is 6.09 Å². The second-order valence-electron chi connectivity index (χ2n) is 9.31. The Morgan fingerprint density at radius 3 is 2.00 bits per heavy atom. The molecular weight excluding hydrogens is 420 g/mol. The zero-order valence-corrected chi connectivity index (χ0v) is 21.7. The van der Waals surface area contributed by atoms with Gasteiger partial charge in [0.1, 0.15) is 6.04 Å². The van der Waals surface area contributed by atoms with E-state index in [1.54, 1.807) is 13.8 Å². The van der Waals surface area contributed by atoms with Gasteiger partial charge in [0, 0.05) is 0 Å². The number of carbonyl (C=O) groups is 2. The van der Waals surface area contributed by atoms with Crippen molar-refractivity contribution in [3.63, 3.8) is 0 Å². The normalized spacial score (nSPS) is 24.9. The van der Waals surface area contributed by atoms with E-state index in [0.29, 0.717) is 6.10 Å². The van der Waals surface area contributed by atoms with Crippen LogP contribution in [0, 0.1) is 5.92 Å². The van der Waals surface area contributed by atoms with Gasteiger partial charge in [-0.3, -0.25) is 4.79 Å². The molecule has 4 N–H and O–H groups in total. The fourth-order valence-corrected chi connectivity index (χ4v) is 3.27. The lowest BCUT2D eigenvalue weighted by molar-refractivity contribution is -0.120. The first kappa shape index (κ1) is 33.1. The van der Waals surface area contributed by atoms with Gasteiger partial charge in [-0.15, -0.1) is 26.3 Å². The zero-order valence-electron chi connectivity index (χ0n) is 21.7. The molecule has 4 atom stereocenters. The highest BCUT2D eigenvalue weighted by Gasteiger charge is 2.50. The third-order valence-electron chi connectivity index (χ3n) is 5.54. The van der Waals surface area contributed by atoms with Crippen molar-refractivity contribution in [2.75, 3.05) is 6.61 Å². The highest BCUT2D eigenvalue weighted by molar-refractivity contribution is 5.83. The van der Waals surface area contributed by atoms with Crippen LogP contribution in [0.5, 0.6) is 0 Å². The van der Waals surface area contributed by atoms with Crippen LogP contribution in [-0.4, -0.2) is 47.1 Å². The number of primary amides is 1. The van der Waals surface area contributed by atoms with E-state index < -0.39 is 18.0 Å². The molecule has 2 aliphatic rings. The van der Waals surface area contributed by atoms with Gasteiger partial charge in [-0.2, -0.15) is 0 Å². The molecule has 33 heavy (non-hydrogen) atoms. The van der Waals surface area contributed by atoms with Gasteiger partial charge in [0.25, 0.3) is 0 Å². The molecule has 0 aromatic rings. The first-order valence-electron chi connectivity index (χ1n) is 11.6. The molecule has 2 heterocycles. The average molecular weight is 469 g/mol. The third kappa shape index (κ3) is 15.4. The molecular formula is C26H48N2O5. The molecule has 2 unspecified atom stereocenters. The predicted octanol–water partition coefficient (Wildman–Crippen LogP) is 5.61. The van der Waals surface area contributed by atoms with Crippen LogP contribution in [0.25, 0.3) is 0 Å². The fraction of sp³-hybridized carbons (Fsp3) is 0.692. The van der Waals surface area contributed by atoms with Crippen molar-refractivity contribution in [3.8, 4) is 0 Å². The van der Waals surface area contributed by atoms with Gasteiger partial charge in [0.2, 0.25) is 5.91 Å². The number of carbonyl (C=O) groups excluding carboxylic acids is 1. The zero-order chi connectivity index (χ0) is 26.2. The molecule has 2 fully saturated rings. The Morgan fingerprint density at radius 2 is 1.64 bits per heavy atom. The van der Waals surface area contributed by atoms with Crippen LogP contribution in [0.15, 0.2) is 38.0 Å². The number of epoxide rings is 2. The second kappa shape index (κ2) is 16.5. The summed E-state index contributed by atoms with van der Waals surface area (Å²) in [5, 5.41) is 10.3. The van der Waals surface area contributed by atoms with E-state index in [-0.39, 0.29) is 17.1 Å². The summed E-state index contributed by atoms with van der Waals surface area (Å²) in [7, 11) is 0. The number of nitrogens with two attached hydrogens (primary N) is 1.